The molecule has 6 heteroatoms. The molecule has 1 heterocycles. The van der Waals surface area contributed by atoms with Crippen LogP contribution in [0, 0.1) is 13.8 Å². The van der Waals surface area contributed by atoms with E-state index in [1.54, 1.807) is 24.3 Å². The molecule has 26 heavy (non-hydrogen) atoms. The number of aryl methyl sites for hydroxylation is 2. The largest absolute Gasteiger partial charge is 0.342 e. The lowest BCUT2D eigenvalue weighted by Crippen LogP contribution is -2.53. The van der Waals surface area contributed by atoms with Gasteiger partial charge in [0.2, 0.25) is 0 Å². The minimum absolute atomic E-state index is 0.0580. The average molecular weight is 395 g/mol. The summed E-state index contributed by atoms with van der Waals surface area (Å²) in [6, 6.07) is 14.9. The second-order valence-electron chi connectivity index (χ2n) is 7.17. The van der Waals surface area contributed by atoms with Crippen LogP contribution in [0.25, 0.3) is 0 Å². The van der Waals surface area contributed by atoms with Crippen LogP contribution < -0.4 is 0 Å². The maximum atomic E-state index is 12.9. The molecule has 0 saturated carbocycles. The number of likely N-dealkylation sites (tertiary alicyclic amines) is 1. The Morgan fingerprint density at radius 2 is 1.46 bits per heavy atom. The molecule has 0 spiro atoms. The van der Waals surface area contributed by atoms with Gasteiger partial charge in [-0.1, -0.05) is 51.8 Å². The van der Waals surface area contributed by atoms with Crippen LogP contribution in [0.5, 0.6) is 0 Å². The molecule has 1 saturated heterocycles. The van der Waals surface area contributed by atoms with E-state index in [2.05, 4.69) is 0 Å². The second-order valence-corrected chi connectivity index (χ2v) is 9.31. The van der Waals surface area contributed by atoms with Crippen molar-refractivity contribution in [2.24, 2.45) is 0 Å². The van der Waals surface area contributed by atoms with Crippen molar-refractivity contribution in [3.63, 3.8) is 0 Å². The van der Waals surface area contributed by atoms with Gasteiger partial charge in [-0.25, -0.2) is 0 Å². The predicted molar refractivity (Wildman–Crippen MR) is 103 cm³/mol. The molecule has 140 valence electrons. The van der Waals surface area contributed by atoms with E-state index in [0.29, 0.717) is 19.6 Å². The van der Waals surface area contributed by atoms with Crippen molar-refractivity contribution < 1.29 is 17.3 Å². The lowest BCUT2D eigenvalue weighted by atomic mass is 10.1. The molecule has 0 bridgehead atoms. The van der Waals surface area contributed by atoms with E-state index in [0.717, 1.165) is 24.0 Å². The van der Waals surface area contributed by atoms with Gasteiger partial charge in [-0.2, -0.15) is 13.1 Å². The van der Waals surface area contributed by atoms with E-state index < -0.39 is 10.1 Å². The Balaban J connectivity index is 1.88. The molecule has 0 amide bonds. The summed E-state index contributed by atoms with van der Waals surface area (Å²) in [5.41, 5.74) is 3.24. The van der Waals surface area contributed by atoms with Crippen LogP contribution in [0.2, 0.25) is 0 Å². The monoisotopic (exact) mass is 394 g/mol. The summed E-state index contributed by atoms with van der Waals surface area (Å²) in [5.74, 6) is 0. The van der Waals surface area contributed by atoms with Crippen LogP contribution in [0.3, 0.4) is 0 Å². The molecule has 0 aromatic heterocycles. The summed E-state index contributed by atoms with van der Waals surface area (Å²) in [6.07, 6.45) is 1.47. The Labute approximate surface area is 161 Å². The minimum Gasteiger partial charge on any atom is -0.189 e. The summed E-state index contributed by atoms with van der Waals surface area (Å²) in [7, 11) is -3.85. The molecule has 4 nitrogen and oxygen atoms in total. The first-order valence-corrected chi connectivity index (χ1v) is 10.7. The number of hydrogen-bond donors (Lipinski definition) is 0. The van der Waals surface area contributed by atoms with Crippen molar-refractivity contribution in [2.45, 2.75) is 43.5 Å². The first kappa shape index (κ1) is 19.4. The predicted octanol–water partition coefficient (Wildman–Crippen LogP) is 4.34. The fourth-order valence-corrected chi connectivity index (χ4v) is 4.62. The van der Waals surface area contributed by atoms with Crippen molar-refractivity contribution in [3.05, 3.63) is 65.2 Å². The summed E-state index contributed by atoms with van der Waals surface area (Å²) in [6.45, 7) is 5.62. The van der Waals surface area contributed by atoms with Crippen molar-refractivity contribution >= 4 is 21.7 Å². The van der Waals surface area contributed by atoms with E-state index in [1.807, 2.05) is 38.1 Å². The van der Waals surface area contributed by atoms with Crippen LogP contribution in [0.4, 0.5) is 0 Å². The molecule has 1 fully saturated rings. The van der Waals surface area contributed by atoms with Gasteiger partial charge < -0.3 is 0 Å². The van der Waals surface area contributed by atoms with E-state index in [1.165, 1.54) is 5.56 Å². The molecule has 0 radical (unpaired) electrons. The molecule has 2 aromatic rings. The Bertz CT molecular complexity index is 840. The number of halogens is 1. The van der Waals surface area contributed by atoms with E-state index in [9.17, 15) is 8.42 Å². The summed E-state index contributed by atoms with van der Waals surface area (Å²) in [4.78, 5) is 0.192. The highest BCUT2D eigenvalue weighted by Gasteiger charge is 2.41. The number of quaternary nitrogens is 1. The third-order valence-corrected chi connectivity index (χ3v) is 6.66. The zero-order valence-electron chi connectivity index (χ0n) is 15.2. The van der Waals surface area contributed by atoms with Gasteiger partial charge in [0.15, 0.2) is 0 Å². The fourth-order valence-electron chi connectivity index (χ4n) is 3.25. The van der Waals surface area contributed by atoms with Gasteiger partial charge in [-0.3, -0.25) is 0 Å². The van der Waals surface area contributed by atoms with E-state index in [-0.39, 0.29) is 14.9 Å². The lowest BCUT2D eigenvalue weighted by molar-refractivity contribution is -1.09. The molecule has 0 atom stereocenters. The highest BCUT2D eigenvalue weighted by Crippen LogP contribution is 2.30. The standard InChI is InChI=1S/C20H25ClNO3S/c1-16-3-7-18(8-4-16)15-22(13-11-19(21)12-14-22)25-26(23,24)20-9-5-17(2)6-10-20/h3-10,19H,11-15H2,1-2H3/q+1. The second kappa shape index (κ2) is 7.69. The average Bonchev–Trinajstić information content (AvgIpc) is 2.60. The maximum absolute atomic E-state index is 12.9. The highest BCUT2D eigenvalue weighted by molar-refractivity contribution is 7.86. The van der Waals surface area contributed by atoms with Crippen molar-refractivity contribution in [2.75, 3.05) is 13.1 Å². The summed E-state index contributed by atoms with van der Waals surface area (Å²) in [5, 5.41) is 0.0740. The van der Waals surface area contributed by atoms with E-state index in [4.69, 9.17) is 15.9 Å². The number of benzene rings is 2. The first-order valence-electron chi connectivity index (χ1n) is 8.87. The van der Waals surface area contributed by atoms with E-state index >= 15 is 0 Å². The fraction of sp³-hybridized carbons (Fsp3) is 0.400. The smallest absolute Gasteiger partial charge is 0.189 e. The molecule has 3 rings (SSSR count). The normalized spacial score (nSPS) is 23.7. The first-order chi connectivity index (χ1) is 12.3. The number of alkyl halides is 1. The third-order valence-electron chi connectivity index (χ3n) is 4.86. The molecule has 0 aliphatic carbocycles. The molecule has 2 aromatic carbocycles. The molecule has 0 unspecified atom stereocenters. The van der Waals surface area contributed by atoms with Crippen LogP contribution in [-0.4, -0.2) is 31.5 Å². The zero-order valence-corrected chi connectivity index (χ0v) is 16.8. The zero-order chi connectivity index (χ0) is 18.8. The Hall–Kier alpha value is -1.40. The van der Waals surface area contributed by atoms with Gasteiger partial charge >= 0.3 is 10.1 Å². The maximum Gasteiger partial charge on any atom is 0.342 e. The number of rotatable bonds is 5. The molecular formula is C20H25ClNO3S+. The SMILES string of the molecule is Cc1ccc(C[N+]2(OS(=O)(=O)c3ccc(C)cc3)CCC(Cl)CC2)cc1. The van der Waals surface area contributed by atoms with Gasteiger partial charge in [0, 0.05) is 23.8 Å². The quantitative estimate of drug-likeness (QED) is 0.559. The number of nitrogens with zero attached hydrogens (tertiary/aromatic N) is 1. The highest BCUT2D eigenvalue weighted by atomic mass is 35.5. The topological polar surface area (TPSA) is 43.4 Å². The number of hydrogen-bond acceptors (Lipinski definition) is 3. The Kier molecular flexibility index (Phi) is 5.72. The number of hydroxylamine groups is 3. The number of piperidine rings is 1. The van der Waals surface area contributed by atoms with Gasteiger partial charge in [0.1, 0.15) is 19.6 Å². The van der Waals surface area contributed by atoms with Crippen LogP contribution in [0.1, 0.15) is 29.5 Å². The third kappa shape index (κ3) is 4.65. The summed E-state index contributed by atoms with van der Waals surface area (Å²) >= 11 is 6.26. The molecule has 1 aliphatic heterocycles. The van der Waals surface area contributed by atoms with Crippen LogP contribution in [0.15, 0.2) is 53.4 Å². The van der Waals surface area contributed by atoms with Crippen molar-refractivity contribution in [1.82, 2.24) is 0 Å². The molecule has 1 aliphatic rings. The van der Waals surface area contributed by atoms with Crippen LogP contribution >= 0.6 is 11.6 Å². The molecule has 0 N–H and O–H groups in total. The van der Waals surface area contributed by atoms with Gasteiger partial charge in [-0.15, -0.1) is 11.6 Å². The molecular weight excluding hydrogens is 370 g/mol. The summed E-state index contributed by atoms with van der Waals surface area (Å²) < 4.78 is 31.6. The van der Waals surface area contributed by atoms with Crippen molar-refractivity contribution in [1.29, 1.82) is 0 Å². The van der Waals surface area contributed by atoms with Gasteiger partial charge in [0.05, 0.1) is 4.90 Å². The minimum atomic E-state index is -3.85. The van der Waals surface area contributed by atoms with Gasteiger partial charge in [-0.05, 0) is 26.0 Å². The van der Waals surface area contributed by atoms with Crippen molar-refractivity contribution in [3.8, 4) is 0 Å². The Morgan fingerprint density at radius 3 is 2.00 bits per heavy atom. The van der Waals surface area contributed by atoms with Gasteiger partial charge in [0.25, 0.3) is 0 Å². The lowest BCUT2D eigenvalue weighted by Gasteiger charge is -2.38. The van der Waals surface area contributed by atoms with Crippen LogP contribution in [-0.2, 0) is 20.9 Å². The Morgan fingerprint density at radius 1 is 0.962 bits per heavy atom.